The van der Waals surface area contributed by atoms with Crippen LogP contribution in [0.15, 0.2) is 24.3 Å². The Kier molecular flexibility index (Phi) is 5.07. The van der Waals surface area contributed by atoms with Crippen LogP contribution in [0.5, 0.6) is 5.75 Å². The lowest BCUT2D eigenvalue weighted by Gasteiger charge is -2.36. The summed E-state index contributed by atoms with van der Waals surface area (Å²) < 4.78 is 5.64. The van der Waals surface area contributed by atoms with E-state index in [9.17, 15) is 9.59 Å². The van der Waals surface area contributed by atoms with Gasteiger partial charge in [-0.05, 0) is 43.7 Å². The summed E-state index contributed by atoms with van der Waals surface area (Å²) >= 11 is 6.09. The smallest absolute Gasteiger partial charge is 0.260 e. The Bertz CT molecular complexity index is 691. The van der Waals surface area contributed by atoms with Crippen LogP contribution < -0.4 is 4.74 Å². The molecule has 5 rings (SSSR count). The summed E-state index contributed by atoms with van der Waals surface area (Å²) in [5, 5.41) is 0.509. The zero-order valence-electron chi connectivity index (χ0n) is 14.9. The fourth-order valence-corrected chi connectivity index (χ4v) is 4.46. The number of carbonyl (C=O) groups excluding carboxylic acids is 2. The van der Waals surface area contributed by atoms with Crippen molar-refractivity contribution < 1.29 is 14.3 Å². The number of nitrogens with zero attached hydrogens (tertiary/aromatic N) is 2. The summed E-state index contributed by atoms with van der Waals surface area (Å²) in [4.78, 5) is 29.4. The van der Waals surface area contributed by atoms with Crippen LogP contribution in [0.2, 0.25) is 5.02 Å². The Morgan fingerprint density at radius 1 is 1.08 bits per heavy atom. The van der Waals surface area contributed by atoms with Crippen molar-refractivity contribution in [3.63, 3.8) is 0 Å². The molecular formula is C20H25ClN2O3. The molecule has 2 bridgehead atoms. The molecule has 140 valence electrons. The van der Waals surface area contributed by atoms with Gasteiger partial charge in [0.25, 0.3) is 5.91 Å². The first-order valence-electron chi connectivity index (χ1n) is 9.57. The molecule has 3 saturated heterocycles. The second kappa shape index (κ2) is 7.47. The molecule has 3 heterocycles. The molecule has 0 unspecified atom stereocenters. The van der Waals surface area contributed by atoms with Gasteiger partial charge in [0, 0.05) is 31.6 Å². The van der Waals surface area contributed by atoms with Crippen LogP contribution in [0.1, 0.15) is 32.1 Å². The second-order valence-electron chi connectivity index (χ2n) is 7.73. The minimum Gasteiger partial charge on any atom is -0.482 e. The minimum absolute atomic E-state index is 0.0104. The summed E-state index contributed by atoms with van der Waals surface area (Å²) in [7, 11) is 0. The van der Waals surface area contributed by atoms with E-state index >= 15 is 0 Å². The fourth-order valence-electron chi connectivity index (χ4n) is 4.26. The van der Waals surface area contributed by atoms with Crippen LogP contribution >= 0.6 is 11.6 Å². The molecular weight excluding hydrogens is 352 g/mol. The highest BCUT2D eigenvalue weighted by Crippen LogP contribution is 2.33. The van der Waals surface area contributed by atoms with Gasteiger partial charge in [0.15, 0.2) is 6.61 Å². The van der Waals surface area contributed by atoms with Crippen molar-refractivity contribution in [2.45, 2.75) is 38.1 Å². The van der Waals surface area contributed by atoms with Gasteiger partial charge in [-0.15, -0.1) is 0 Å². The Labute approximate surface area is 159 Å². The summed E-state index contributed by atoms with van der Waals surface area (Å²) in [6.07, 6.45) is 5.28. The molecule has 1 aromatic carbocycles. The van der Waals surface area contributed by atoms with E-state index in [0.29, 0.717) is 29.1 Å². The van der Waals surface area contributed by atoms with Crippen LogP contribution in [0.3, 0.4) is 0 Å². The molecule has 26 heavy (non-hydrogen) atoms. The molecule has 0 N–H and O–H groups in total. The quantitative estimate of drug-likeness (QED) is 0.811. The number of rotatable bonds is 4. The fraction of sp³-hybridized carbons (Fsp3) is 0.600. The first-order chi connectivity index (χ1) is 12.6. The van der Waals surface area contributed by atoms with Crippen molar-refractivity contribution in [2.24, 2.45) is 11.8 Å². The van der Waals surface area contributed by atoms with Gasteiger partial charge in [-0.3, -0.25) is 9.59 Å². The lowest BCUT2D eigenvalue weighted by Crippen LogP contribution is -2.49. The van der Waals surface area contributed by atoms with Crippen LogP contribution in [0.25, 0.3) is 0 Å². The van der Waals surface area contributed by atoms with Gasteiger partial charge in [-0.2, -0.15) is 0 Å². The molecule has 3 aliphatic heterocycles. The third-order valence-corrected chi connectivity index (χ3v) is 6.30. The molecule has 0 aromatic heterocycles. The number of piperidine rings is 1. The van der Waals surface area contributed by atoms with E-state index < -0.39 is 0 Å². The molecule has 5 nitrogen and oxygen atoms in total. The monoisotopic (exact) mass is 376 g/mol. The SMILES string of the molecule is O=C(C1CCC1)N1C[C@@H]2CC[C@H](C1)N(C(=O)COc1ccccc1Cl)C2. The van der Waals surface area contributed by atoms with Crippen molar-refractivity contribution >= 4 is 23.4 Å². The first kappa shape index (κ1) is 17.7. The van der Waals surface area contributed by atoms with Crippen molar-refractivity contribution in [3.8, 4) is 5.75 Å². The van der Waals surface area contributed by atoms with Gasteiger partial charge in [0.05, 0.1) is 5.02 Å². The number of ether oxygens (including phenoxy) is 1. The predicted molar refractivity (Wildman–Crippen MR) is 99.1 cm³/mol. The Morgan fingerprint density at radius 3 is 2.62 bits per heavy atom. The minimum atomic E-state index is -0.0161. The number of para-hydroxylation sites is 1. The highest BCUT2D eigenvalue weighted by Gasteiger charge is 2.40. The van der Waals surface area contributed by atoms with Crippen LogP contribution in [0.4, 0.5) is 0 Å². The third kappa shape index (κ3) is 3.54. The number of carbonyl (C=O) groups is 2. The van der Waals surface area contributed by atoms with Gasteiger partial charge in [-0.1, -0.05) is 30.2 Å². The number of amides is 2. The van der Waals surface area contributed by atoms with Gasteiger partial charge < -0.3 is 14.5 Å². The van der Waals surface area contributed by atoms with Gasteiger partial charge in [-0.25, -0.2) is 0 Å². The van der Waals surface area contributed by atoms with Crippen LogP contribution in [-0.2, 0) is 9.59 Å². The third-order valence-electron chi connectivity index (χ3n) is 5.99. The lowest BCUT2D eigenvalue weighted by molar-refractivity contribution is -0.140. The molecule has 4 aliphatic rings. The van der Waals surface area contributed by atoms with E-state index in [0.717, 1.165) is 38.8 Å². The molecule has 2 atom stereocenters. The molecule has 1 aromatic rings. The maximum absolute atomic E-state index is 12.8. The van der Waals surface area contributed by atoms with Crippen molar-refractivity contribution in [1.29, 1.82) is 0 Å². The molecule has 0 spiro atoms. The van der Waals surface area contributed by atoms with Crippen LogP contribution in [-0.4, -0.2) is 53.9 Å². The van der Waals surface area contributed by atoms with E-state index in [4.69, 9.17) is 16.3 Å². The predicted octanol–water partition coefficient (Wildman–Crippen LogP) is 2.97. The van der Waals surface area contributed by atoms with Crippen molar-refractivity contribution in [2.75, 3.05) is 26.2 Å². The van der Waals surface area contributed by atoms with Crippen molar-refractivity contribution in [3.05, 3.63) is 29.3 Å². The molecule has 1 aliphatic carbocycles. The van der Waals surface area contributed by atoms with E-state index in [1.807, 2.05) is 21.9 Å². The zero-order valence-corrected chi connectivity index (χ0v) is 15.7. The molecule has 1 saturated carbocycles. The van der Waals surface area contributed by atoms with Gasteiger partial charge in [0.1, 0.15) is 5.75 Å². The van der Waals surface area contributed by atoms with E-state index in [-0.39, 0.29) is 24.5 Å². The number of hydrogen-bond donors (Lipinski definition) is 0. The Morgan fingerprint density at radius 2 is 1.88 bits per heavy atom. The van der Waals surface area contributed by atoms with E-state index in [2.05, 4.69) is 0 Å². The van der Waals surface area contributed by atoms with E-state index in [1.54, 1.807) is 12.1 Å². The summed E-state index contributed by atoms with van der Waals surface area (Å²) in [6.45, 7) is 2.18. The van der Waals surface area contributed by atoms with E-state index in [1.165, 1.54) is 6.42 Å². The summed E-state index contributed by atoms with van der Waals surface area (Å²) in [5.41, 5.74) is 0. The summed E-state index contributed by atoms with van der Waals surface area (Å²) in [5.74, 6) is 1.42. The molecule has 2 amide bonds. The topological polar surface area (TPSA) is 49.9 Å². The second-order valence-corrected chi connectivity index (χ2v) is 8.14. The largest absolute Gasteiger partial charge is 0.482 e. The van der Waals surface area contributed by atoms with Crippen molar-refractivity contribution in [1.82, 2.24) is 9.80 Å². The maximum atomic E-state index is 12.8. The standard InChI is InChI=1S/C20H25ClN2O3/c21-17-6-1-2-7-18(17)26-13-19(24)23-11-14-8-9-16(23)12-22(10-14)20(25)15-4-3-5-15/h1-2,6-7,14-16H,3-5,8-13H2/t14-,16+/m0/s1. The summed E-state index contributed by atoms with van der Waals surface area (Å²) in [6, 6.07) is 7.30. The number of halogens is 1. The first-order valence-corrected chi connectivity index (χ1v) is 9.95. The lowest BCUT2D eigenvalue weighted by atomic mass is 9.84. The molecule has 4 fully saturated rings. The van der Waals surface area contributed by atoms with Gasteiger partial charge in [0.2, 0.25) is 5.91 Å². The maximum Gasteiger partial charge on any atom is 0.260 e. The van der Waals surface area contributed by atoms with Crippen LogP contribution in [0, 0.1) is 11.8 Å². The average Bonchev–Trinajstić information content (AvgIpc) is 2.91. The Hall–Kier alpha value is -1.75. The highest BCUT2D eigenvalue weighted by atomic mass is 35.5. The normalized spacial score (nSPS) is 25.6. The number of benzene rings is 1. The molecule has 0 radical (unpaired) electrons. The zero-order chi connectivity index (χ0) is 18.1. The number of fused-ring (bicyclic) bond motifs is 4. The van der Waals surface area contributed by atoms with Gasteiger partial charge >= 0.3 is 0 Å². The highest BCUT2D eigenvalue weighted by molar-refractivity contribution is 6.32. The molecule has 6 heteroatoms. The number of hydrogen-bond acceptors (Lipinski definition) is 3. The Balaban J connectivity index is 1.39. The average molecular weight is 377 g/mol.